The van der Waals surface area contributed by atoms with E-state index in [1.54, 1.807) is 12.1 Å². The largest absolute Gasteiger partial charge is 0.490 e. The van der Waals surface area contributed by atoms with Crippen LogP contribution in [0.5, 0.6) is 11.5 Å². The summed E-state index contributed by atoms with van der Waals surface area (Å²) < 4.78 is 19.5. The minimum atomic E-state index is -0.708. The van der Waals surface area contributed by atoms with E-state index in [0.29, 0.717) is 39.6 Å². The number of fused-ring (bicyclic) bond motifs is 1. The second-order valence-electron chi connectivity index (χ2n) is 6.89. The zero-order valence-corrected chi connectivity index (χ0v) is 21.4. The molecule has 0 saturated heterocycles. The molecule has 4 rings (SSSR count). The summed E-state index contributed by atoms with van der Waals surface area (Å²) in [4.78, 5) is 31.9. The number of methoxy groups -OCH3 is 1. The number of hydrogen-bond acceptors (Lipinski definition) is 8. The monoisotopic (exact) mass is 548 g/mol. The minimum absolute atomic E-state index is 0.227. The molecule has 0 fully saturated rings. The summed E-state index contributed by atoms with van der Waals surface area (Å²) in [6.45, 7) is 4.71. The van der Waals surface area contributed by atoms with Crippen molar-refractivity contribution < 1.29 is 19.0 Å². The molecule has 33 heavy (non-hydrogen) atoms. The first kappa shape index (κ1) is 23.5. The summed E-state index contributed by atoms with van der Waals surface area (Å²) in [5, 5.41) is 0. The fourth-order valence-corrected chi connectivity index (χ4v) is 5.92. The van der Waals surface area contributed by atoms with Crippen LogP contribution in [0.2, 0.25) is 0 Å². The van der Waals surface area contributed by atoms with Gasteiger partial charge < -0.3 is 14.2 Å². The van der Waals surface area contributed by atoms with Gasteiger partial charge in [0.25, 0.3) is 5.56 Å². The Balaban J connectivity index is 1.90. The lowest BCUT2D eigenvalue weighted by Gasteiger charge is -2.23. The molecule has 1 atom stereocenters. The van der Waals surface area contributed by atoms with Crippen LogP contribution >= 0.6 is 38.6 Å². The van der Waals surface area contributed by atoms with E-state index >= 15 is 0 Å². The Bertz CT molecular complexity index is 1400. The topological polar surface area (TPSA) is 79.1 Å². The maximum Gasteiger partial charge on any atom is 0.337 e. The highest BCUT2D eigenvalue weighted by atomic mass is 79.9. The number of hydrogen-bond donors (Lipinski definition) is 0. The zero-order chi connectivity index (χ0) is 23.5. The summed E-state index contributed by atoms with van der Waals surface area (Å²) in [6, 6.07) is 8.58. The van der Waals surface area contributed by atoms with Gasteiger partial charge in [0.05, 0.1) is 40.3 Å². The molecule has 1 aliphatic heterocycles. The summed E-state index contributed by atoms with van der Waals surface area (Å²) in [5.74, 6) is 0.595. The molecule has 0 N–H and O–H groups in total. The number of benzene rings is 1. The number of rotatable bonds is 7. The number of ether oxygens (including phenoxy) is 3. The first-order valence-electron chi connectivity index (χ1n) is 10.2. The summed E-state index contributed by atoms with van der Waals surface area (Å²) in [7, 11) is 1.31. The lowest BCUT2D eigenvalue weighted by Crippen LogP contribution is -2.39. The Morgan fingerprint density at radius 1 is 1.15 bits per heavy atom. The summed E-state index contributed by atoms with van der Waals surface area (Å²) in [6.07, 6.45) is 3.31. The predicted octanol–water partition coefficient (Wildman–Crippen LogP) is 3.64. The average molecular weight is 549 g/mol. The molecule has 3 heterocycles. The van der Waals surface area contributed by atoms with Crippen LogP contribution in [-0.2, 0) is 9.53 Å². The fraction of sp³-hybridized carbons (Fsp3) is 0.261. The zero-order valence-electron chi connectivity index (χ0n) is 18.2. The van der Waals surface area contributed by atoms with Crippen LogP contribution in [-0.4, -0.2) is 30.9 Å². The highest BCUT2D eigenvalue weighted by molar-refractivity contribution is 9.11. The van der Waals surface area contributed by atoms with Gasteiger partial charge in [-0.05, 0) is 65.7 Å². The van der Waals surface area contributed by atoms with Crippen LogP contribution in [0.25, 0.3) is 6.08 Å². The van der Waals surface area contributed by atoms with E-state index in [-0.39, 0.29) is 11.1 Å². The maximum absolute atomic E-state index is 13.5. The number of thiophene rings is 1. The Kier molecular flexibility index (Phi) is 7.16. The van der Waals surface area contributed by atoms with Crippen molar-refractivity contribution in [2.45, 2.75) is 19.9 Å². The van der Waals surface area contributed by atoms with Gasteiger partial charge in [0, 0.05) is 11.1 Å². The molecule has 0 amide bonds. The highest BCUT2D eigenvalue weighted by Gasteiger charge is 2.31. The molecule has 2 aromatic heterocycles. The Hall–Kier alpha value is -2.69. The maximum atomic E-state index is 13.5. The Morgan fingerprint density at radius 3 is 2.58 bits per heavy atom. The van der Waals surface area contributed by atoms with Gasteiger partial charge in [-0.2, -0.15) is 0 Å². The number of carbonyl (C=O) groups is 1. The van der Waals surface area contributed by atoms with Crippen molar-refractivity contribution in [3.8, 4) is 11.5 Å². The van der Waals surface area contributed by atoms with Crippen molar-refractivity contribution in [3.63, 3.8) is 0 Å². The number of aromatic nitrogens is 1. The third-order valence-corrected chi connectivity index (χ3v) is 7.44. The van der Waals surface area contributed by atoms with Gasteiger partial charge in [-0.15, -0.1) is 11.3 Å². The van der Waals surface area contributed by atoms with Crippen molar-refractivity contribution in [3.05, 3.63) is 76.0 Å². The number of esters is 1. The fourth-order valence-electron chi connectivity index (χ4n) is 3.52. The number of halogens is 1. The van der Waals surface area contributed by atoms with Gasteiger partial charge in [-0.3, -0.25) is 9.36 Å². The summed E-state index contributed by atoms with van der Waals surface area (Å²) in [5.41, 5.74) is 0.733. The molecule has 7 nitrogen and oxygen atoms in total. The first-order chi connectivity index (χ1) is 16.0. The van der Waals surface area contributed by atoms with Gasteiger partial charge in [-0.1, -0.05) is 17.4 Å². The lowest BCUT2D eigenvalue weighted by atomic mass is 9.97. The van der Waals surface area contributed by atoms with Gasteiger partial charge in [0.2, 0.25) is 0 Å². The molecule has 0 saturated carbocycles. The molecular weight excluding hydrogens is 528 g/mol. The van der Waals surface area contributed by atoms with Crippen LogP contribution in [0.15, 0.2) is 55.7 Å². The molecular formula is C23H21BrN2O5S2. The molecule has 0 spiro atoms. The van der Waals surface area contributed by atoms with E-state index in [0.717, 1.165) is 8.66 Å². The predicted molar refractivity (Wildman–Crippen MR) is 132 cm³/mol. The van der Waals surface area contributed by atoms with Crippen molar-refractivity contribution in [1.29, 1.82) is 0 Å². The summed E-state index contributed by atoms with van der Waals surface area (Å²) >= 11 is 6.25. The van der Waals surface area contributed by atoms with E-state index in [4.69, 9.17) is 14.2 Å². The molecule has 3 aromatic rings. The molecule has 0 radical (unpaired) electrons. The van der Waals surface area contributed by atoms with Gasteiger partial charge in [0.1, 0.15) is 0 Å². The normalized spacial score (nSPS) is 15.5. The molecule has 172 valence electrons. The number of carbonyl (C=O) groups excluding carboxylic acids is 1. The lowest BCUT2D eigenvalue weighted by molar-refractivity contribution is -0.136. The van der Waals surface area contributed by atoms with E-state index in [2.05, 4.69) is 20.9 Å². The van der Waals surface area contributed by atoms with Gasteiger partial charge in [0.15, 0.2) is 16.3 Å². The van der Waals surface area contributed by atoms with E-state index in [1.807, 2.05) is 38.1 Å². The first-order valence-corrected chi connectivity index (χ1v) is 12.6. The van der Waals surface area contributed by atoms with Crippen LogP contribution in [0.3, 0.4) is 0 Å². The molecule has 10 heteroatoms. The minimum Gasteiger partial charge on any atom is -0.490 e. The SMILES string of the molecule is CCOc1ccc([C@H]2C(C(=O)OC)=CN=c3s/c(=C\c4ccc(Br)s4)c(=O)n32)cc1OCC. The number of thiazole rings is 1. The third-order valence-electron chi connectivity index (χ3n) is 4.88. The second-order valence-corrected chi connectivity index (χ2v) is 10.4. The standard InChI is InChI=1S/C23H21BrN2O5S2/c1-4-30-16-8-6-13(10-17(16)31-5-2)20-15(22(28)29-3)12-25-23-26(20)21(27)18(33-23)11-14-7-9-19(24)32-14/h6-12,20H,4-5H2,1-3H3/b18-11-/t20-/m0/s1. The molecule has 0 bridgehead atoms. The van der Waals surface area contributed by atoms with Crippen molar-refractivity contribution in [2.24, 2.45) is 4.99 Å². The third kappa shape index (κ3) is 4.68. The van der Waals surface area contributed by atoms with Gasteiger partial charge in [-0.25, -0.2) is 9.79 Å². The average Bonchev–Trinajstić information content (AvgIpc) is 3.36. The molecule has 0 aliphatic carbocycles. The Labute approximate surface area is 206 Å². The van der Waals surface area contributed by atoms with Crippen LogP contribution in [0, 0.1) is 0 Å². The number of nitrogens with zero attached hydrogens (tertiary/aromatic N) is 2. The Morgan fingerprint density at radius 2 is 1.91 bits per heavy atom. The molecule has 0 unspecified atom stereocenters. The quantitative estimate of drug-likeness (QED) is 0.421. The van der Waals surface area contributed by atoms with Crippen LogP contribution in [0.1, 0.15) is 30.3 Å². The van der Waals surface area contributed by atoms with Crippen molar-refractivity contribution in [1.82, 2.24) is 4.57 Å². The molecule has 1 aromatic carbocycles. The highest BCUT2D eigenvalue weighted by Crippen LogP contribution is 2.35. The van der Waals surface area contributed by atoms with E-state index in [9.17, 15) is 9.59 Å². The van der Waals surface area contributed by atoms with Crippen molar-refractivity contribution in [2.75, 3.05) is 20.3 Å². The molecule has 1 aliphatic rings. The smallest absolute Gasteiger partial charge is 0.337 e. The van der Waals surface area contributed by atoms with E-state index < -0.39 is 12.0 Å². The van der Waals surface area contributed by atoms with Crippen molar-refractivity contribution >= 4 is 50.6 Å². The second kappa shape index (κ2) is 10.1. The van der Waals surface area contributed by atoms with Crippen LogP contribution < -0.4 is 24.4 Å². The van der Waals surface area contributed by atoms with E-state index in [1.165, 1.54) is 40.6 Å². The van der Waals surface area contributed by atoms with Gasteiger partial charge >= 0.3 is 5.97 Å². The van der Waals surface area contributed by atoms with Crippen LogP contribution in [0.4, 0.5) is 0 Å².